The van der Waals surface area contributed by atoms with Gasteiger partial charge in [-0.15, -0.1) is 0 Å². The summed E-state index contributed by atoms with van der Waals surface area (Å²) < 4.78 is 10.3. The molecule has 0 saturated heterocycles. The lowest BCUT2D eigenvalue weighted by atomic mass is 10.6. The second-order valence-electron chi connectivity index (χ2n) is 2.84. The maximum Gasteiger partial charge on any atom is 0.246 e. The summed E-state index contributed by atoms with van der Waals surface area (Å²) in [5.74, 6) is 0.526. The van der Waals surface area contributed by atoms with Crippen LogP contribution in [0, 0.1) is 0 Å². The molecule has 0 fully saturated rings. The highest BCUT2D eigenvalue weighted by molar-refractivity contribution is 7.80. The smallest absolute Gasteiger partial charge is 0.246 e. The van der Waals surface area contributed by atoms with E-state index in [0.717, 1.165) is 6.54 Å². The number of ether oxygens (including phenoxy) is 2. The van der Waals surface area contributed by atoms with Crippen LogP contribution in [0.1, 0.15) is 0 Å². The van der Waals surface area contributed by atoms with Gasteiger partial charge in [0.1, 0.15) is 6.61 Å². The molecule has 0 radical (unpaired) electrons. The fraction of sp³-hybridized carbons (Fsp3) is 0.889. The van der Waals surface area contributed by atoms with Gasteiger partial charge in [-0.3, -0.25) is 4.79 Å². The van der Waals surface area contributed by atoms with E-state index < -0.39 is 0 Å². The van der Waals surface area contributed by atoms with Crippen molar-refractivity contribution in [2.24, 2.45) is 0 Å². The van der Waals surface area contributed by atoms with Gasteiger partial charge in [-0.25, -0.2) is 0 Å². The van der Waals surface area contributed by atoms with Crippen molar-refractivity contribution in [3.63, 3.8) is 0 Å². The number of carbonyl (C=O) groups is 1. The van der Waals surface area contributed by atoms with Crippen molar-refractivity contribution in [1.29, 1.82) is 0 Å². The van der Waals surface area contributed by atoms with E-state index in [1.165, 1.54) is 0 Å². The molecule has 0 aromatic heterocycles. The van der Waals surface area contributed by atoms with Crippen LogP contribution in [0.15, 0.2) is 0 Å². The Balaban J connectivity index is 3.06. The summed E-state index contributed by atoms with van der Waals surface area (Å²) in [6.07, 6.45) is 0. The Kier molecular flexibility index (Phi) is 11.5. The lowest BCUT2D eigenvalue weighted by molar-refractivity contribution is -0.126. The number of carbonyl (C=O) groups excluding carboxylic acids is 1. The lowest BCUT2D eigenvalue weighted by Gasteiger charge is -2.05. The van der Waals surface area contributed by atoms with E-state index in [-0.39, 0.29) is 12.5 Å². The third kappa shape index (κ3) is 11.6. The molecular formula is C9H20N2O3S. The average Bonchev–Trinajstić information content (AvgIpc) is 2.25. The van der Waals surface area contributed by atoms with Crippen molar-refractivity contribution in [1.82, 2.24) is 10.6 Å². The van der Waals surface area contributed by atoms with Crippen LogP contribution in [-0.2, 0) is 14.3 Å². The van der Waals surface area contributed by atoms with Gasteiger partial charge in [0, 0.05) is 18.8 Å². The number of nitrogens with one attached hydrogen (secondary N) is 2. The molecule has 5 nitrogen and oxygen atoms in total. The molecule has 90 valence electrons. The van der Waals surface area contributed by atoms with E-state index in [1.54, 1.807) is 0 Å². The molecule has 0 heterocycles. The van der Waals surface area contributed by atoms with Gasteiger partial charge < -0.3 is 20.1 Å². The minimum atomic E-state index is -0.112. The summed E-state index contributed by atoms with van der Waals surface area (Å²) in [5.41, 5.74) is 0. The molecule has 0 atom stereocenters. The summed E-state index contributed by atoms with van der Waals surface area (Å²) in [5, 5.41) is 5.62. The third-order valence-electron chi connectivity index (χ3n) is 1.54. The highest BCUT2D eigenvalue weighted by Gasteiger charge is 1.98. The van der Waals surface area contributed by atoms with Crippen LogP contribution in [0.3, 0.4) is 0 Å². The number of hydrogen-bond donors (Lipinski definition) is 3. The fourth-order valence-electron chi connectivity index (χ4n) is 0.805. The first-order valence-corrected chi connectivity index (χ1v) is 5.62. The van der Waals surface area contributed by atoms with Crippen molar-refractivity contribution in [3.05, 3.63) is 0 Å². The molecule has 2 N–H and O–H groups in total. The maximum absolute atomic E-state index is 11.0. The maximum atomic E-state index is 11.0. The summed E-state index contributed by atoms with van der Waals surface area (Å²) in [6.45, 7) is 3.10. The first-order chi connectivity index (χ1) is 7.31. The number of thiol groups is 1. The monoisotopic (exact) mass is 236 g/mol. The molecule has 0 rings (SSSR count). The van der Waals surface area contributed by atoms with Crippen molar-refractivity contribution in [2.75, 3.05) is 52.3 Å². The first-order valence-electron chi connectivity index (χ1n) is 4.99. The zero-order chi connectivity index (χ0) is 11.4. The zero-order valence-electron chi connectivity index (χ0n) is 9.12. The van der Waals surface area contributed by atoms with Crippen molar-refractivity contribution >= 4 is 18.5 Å². The van der Waals surface area contributed by atoms with E-state index in [0.29, 0.717) is 32.1 Å². The number of hydrogen-bond acceptors (Lipinski definition) is 5. The molecule has 0 spiro atoms. The summed E-state index contributed by atoms with van der Waals surface area (Å²) in [6, 6.07) is 0. The van der Waals surface area contributed by atoms with Crippen molar-refractivity contribution in [3.8, 4) is 0 Å². The Hall–Kier alpha value is -0.300. The van der Waals surface area contributed by atoms with Gasteiger partial charge in [-0.2, -0.15) is 12.6 Å². The van der Waals surface area contributed by atoms with Crippen molar-refractivity contribution < 1.29 is 14.3 Å². The first kappa shape index (κ1) is 14.7. The largest absolute Gasteiger partial charge is 0.378 e. The molecule has 6 heteroatoms. The predicted octanol–water partition coefficient (Wildman–Crippen LogP) is -0.715. The highest BCUT2D eigenvalue weighted by atomic mass is 32.1. The van der Waals surface area contributed by atoms with E-state index in [9.17, 15) is 4.79 Å². The number of amides is 1. The fourth-order valence-corrected chi connectivity index (χ4v) is 0.917. The van der Waals surface area contributed by atoms with Crippen LogP contribution in [0.2, 0.25) is 0 Å². The quantitative estimate of drug-likeness (QED) is 0.346. The van der Waals surface area contributed by atoms with Crippen LogP contribution in [0.4, 0.5) is 0 Å². The summed E-state index contributed by atoms with van der Waals surface area (Å²) >= 11 is 3.97. The van der Waals surface area contributed by atoms with E-state index in [4.69, 9.17) is 9.47 Å². The molecule has 0 aromatic rings. The lowest BCUT2D eigenvalue weighted by Crippen LogP contribution is -2.29. The Morgan fingerprint density at radius 3 is 2.60 bits per heavy atom. The van der Waals surface area contributed by atoms with Crippen molar-refractivity contribution in [2.45, 2.75) is 0 Å². The second-order valence-corrected chi connectivity index (χ2v) is 3.29. The Labute approximate surface area is 96.3 Å². The SMILES string of the molecule is CNCCOCCOCC(=O)NCCS. The molecular weight excluding hydrogens is 216 g/mol. The number of likely N-dealkylation sites (N-methyl/N-ethyl adjacent to an activating group) is 1. The Morgan fingerprint density at radius 1 is 1.20 bits per heavy atom. The van der Waals surface area contributed by atoms with Crippen LogP contribution in [-0.4, -0.2) is 58.2 Å². The Bertz CT molecular complexity index is 158. The molecule has 0 unspecified atom stereocenters. The van der Waals surface area contributed by atoms with E-state index >= 15 is 0 Å². The standard InChI is InChI=1S/C9H20N2O3S/c1-10-2-4-13-5-6-14-8-9(12)11-3-7-15/h10,15H,2-8H2,1H3,(H,11,12). The molecule has 0 bridgehead atoms. The van der Waals surface area contributed by atoms with Gasteiger partial charge in [0.15, 0.2) is 0 Å². The predicted molar refractivity (Wildman–Crippen MR) is 62.4 cm³/mol. The van der Waals surface area contributed by atoms with Gasteiger partial charge in [-0.05, 0) is 7.05 Å². The molecule has 0 aromatic carbocycles. The molecule has 0 aliphatic heterocycles. The zero-order valence-corrected chi connectivity index (χ0v) is 10.0. The van der Waals surface area contributed by atoms with Gasteiger partial charge >= 0.3 is 0 Å². The van der Waals surface area contributed by atoms with Gasteiger partial charge in [-0.1, -0.05) is 0 Å². The number of rotatable bonds is 10. The molecule has 0 aliphatic rings. The van der Waals surface area contributed by atoms with Gasteiger partial charge in [0.05, 0.1) is 19.8 Å². The van der Waals surface area contributed by atoms with E-state index in [1.807, 2.05) is 7.05 Å². The van der Waals surface area contributed by atoms with E-state index in [2.05, 4.69) is 23.3 Å². The highest BCUT2D eigenvalue weighted by Crippen LogP contribution is 1.79. The Morgan fingerprint density at radius 2 is 1.93 bits per heavy atom. The van der Waals surface area contributed by atoms with Crippen LogP contribution < -0.4 is 10.6 Å². The topological polar surface area (TPSA) is 59.6 Å². The minimum absolute atomic E-state index is 0.0865. The molecule has 0 saturated carbocycles. The van der Waals surface area contributed by atoms with Crippen LogP contribution in [0.5, 0.6) is 0 Å². The molecule has 15 heavy (non-hydrogen) atoms. The van der Waals surface area contributed by atoms with Crippen LogP contribution >= 0.6 is 12.6 Å². The second kappa shape index (κ2) is 11.8. The van der Waals surface area contributed by atoms with Crippen LogP contribution in [0.25, 0.3) is 0 Å². The molecule has 1 amide bonds. The summed E-state index contributed by atoms with van der Waals surface area (Å²) in [4.78, 5) is 11.0. The third-order valence-corrected chi connectivity index (χ3v) is 1.76. The summed E-state index contributed by atoms with van der Waals surface area (Å²) in [7, 11) is 1.87. The minimum Gasteiger partial charge on any atom is -0.378 e. The van der Waals surface area contributed by atoms with Gasteiger partial charge in [0.25, 0.3) is 0 Å². The normalized spacial score (nSPS) is 10.3. The van der Waals surface area contributed by atoms with Gasteiger partial charge in [0.2, 0.25) is 5.91 Å². The molecule has 0 aliphatic carbocycles. The average molecular weight is 236 g/mol.